The maximum Gasteiger partial charge on any atom is 0.495 e. The van der Waals surface area contributed by atoms with E-state index in [9.17, 15) is 29.4 Å². The van der Waals surface area contributed by atoms with Crippen molar-refractivity contribution in [3.05, 3.63) is 270 Å². The van der Waals surface area contributed by atoms with E-state index in [2.05, 4.69) is 158 Å². The first-order chi connectivity index (χ1) is 46.1. The lowest BCUT2D eigenvalue weighted by atomic mass is 9.75. The second-order valence-corrected chi connectivity index (χ2v) is 25.8. The smallest absolute Gasteiger partial charge is 0.480 e. The molecule has 7 N–H and O–H groups in total. The van der Waals surface area contributed by atoms with Crippen LogP contribution in [0.25, 0.3) is 59.0 Å². The van der Waals surface area contributed by atoms with E-state index < -0.39 is 36.2 Å². The van der Waals surface area contributed by atoms with E-state index in [1.165, 1.54) is 19.4 Å². The number of nitrogens with one attached hydrogen (secondary N) is 1. The number of aryl methyl sites for hydroxylation is 3. The number of pyridine rings is 3. The van der Waals surface area contributed by atoms with Crippen LogP contribution in [0.1, 0.15) is 142 Å². The zero-order valence-electron chi connectivity index (χ0n) is 57.2. The van der Waals surface area contributed by atoms with Crippen LogP contribution in [-0.4, -0.2) is 103 Å². The average molecular weight is 1390 g/mol. The van der Waals surface area contributed by atoms with Crippen LogP contribution >= 0.6 is 15.9 Å². The van der Waals surface area contributed by atoms with Crippen LogP contribution in [0.2, 0.25) is 0 Å². The van der Waals surface area contributed by atoms with Gasteiger partial charge in [-0.15, -0.1) is 0 Å². The van der Waals surface area contributed by atoms with Crippen LogP contribution in [-0.2, 0) is 25.4 Å². The van der Waals surface area contributed by atoms with Crippen molar-refractivity contribution in [3.63, 3.8) is 0 Å². The number of nitrogens with two attached hydrogens (primary N) is 1. The number of aliphatic hydroxyl groups is 2. The van der Waals surface area contributed by atoms with Crippen molar-refractivity contribution in [2.75, 3.05) is 13.2 Å². The highest BCUT2D eigenvalue weighted by Gasteiger charge is 2.52. The minimum Gasteiger partial charge on any atom is -0.480 e. The van der Waals surface area contributed by atoms with Crippen molar-refractivity contribution in [2.45, 2.75) is 119 Å². The van der Waals surface area contributed by atoms with Gasteiger partial charge in [0.1, 0.15) is 28.3 Å². The van der Waals surface area contributed by atoms with Crippen molar-refractivity contribution in [1.29, 1.82) is 0 Å². The first-order valence-corrected chi connectivity index (χ1v) is 32.4. The summed E-state index contributed by atoms with van der Waals surface area (Å²) >= 11 is 3.20. The lowest BCUT2D eigenvalue weighted by molar-refractivity contribution is -0.146. The molecule has 1 saturated heterocycles. The van der Waals surface area contributed by atoms with Gasteiger partial charge in [-0.05, 0) is 225 Å². The SMILES string of the molecule is Brc1ccccn1.C.C[C@](N)(CO)C(=O)O.Cc1ccc(C=O)cc1/C=C/c1cccc(-c2ccccn2)c1C.Cc1ccc(C=O)cc1/C=C/c1cccc(B2OC(C)(C)C(C)(C)O2)c1C.Cc1ccc(CN[C@@](C)(CO)C(=O)O)cc1/C=C/c1cccc(-c2ccccn2)c1C. The molecule has 0 amide bonds. The molecule has 2 atom stereocenters. The van der Waals surface area contributed by atoms with E-state index in [-0.39, 0.29) is 25.7 Å². The molecule has 0 spiro atoms. The number of aliphatic hydroxyl groups excluding tert-OH is 2. The number of carboxylic acid groups (broad SMARTS) is 2. The molecule has 6 aromatic carbocycles. The monoisotopic (exact) mass is 1380 g/mol. The maximum absolute atomic E-state index is 11.4. The Kier molecular flexibility index (Phi) is 29.8. The summed E-state index contributed by atoms with van der Waals surface area (Å²) in [6.07, 6.45) is 19.6. The molecule has 17 heteroatoms. The Hall–Kier alpha value is -9.43. The highest BCUT2D eigenvalue weighted by Crippen LogP contribution is 2.37. The quantitative estimate of drug-likeness (QED) is 0.0202. The maximum atomic E-state index is 11.4. The molecule has 0 saturated carbocycles. The first kappa shape index (κ1) is 79.3. The van der Waals surface area contributed by atoms with Gasteiger partial charge in [-0.1, -0.05) is 159 Å². The van der Waals surface area contributed by atoms with Gasteiger partial charge < -0.3 is 35.5 Å². The number of hydrogen-bond acceptors (Lipinski definition) is 13. The molecule has 4 heterocycles. The molecule has 0 radical (unpaired) electrons. The molecule has 98 heavy (non-hydrogen) atoms. The Morgan fingerprint density at radius 1 is 0.520 bits per heavy atom. The number of benzene rings is 6. The minimum atomic E-state index is -1.49. The van der Waals surface area contributed by atoms with Crippen molar-refractivity contribution >= 4 is 89.5 Å². The summed E-state index contributed by atoms with van der Waals surface area (Å²) in [5.74, 6) is -2.27. The fourth-order valence-electron chi connectivity index (χ4n) is 9.59. The highest BCUT2D eigenvalue weighted by atomic mass is 79.9. The van der Waals surface area contributed by atoms with Gasteiger partial charge in [0, 0.05) is 47.4 Å². The number of halogens is 1. The Morgan fingerprint density at radius 2 is 0.929 bits per heavy atom. The number of carbonyl (C=O) groups is 4. The van der Waals surface area contributed by atoms with Crippen molar-refractivity contribution < 1.29 is 48.9 Å². The number of hydrogen-bond donors (Lipinski definition) is 6. The summed E-state index contributed by atoms with van der Waals surface area (Å²) in [6.45, 7) is 22.7. The molecule has 15 nitrogen and oxygen atoms in total. The molecule has 1 aliphatic heterocycles. The lowest BCUT2D eigenvalue weighted by Crippen LogP contribution is -2.52. The largest absolute Gasteiger partial charge is 0.495 e. The van der Waals surface area contributed by atoms with Gasteiger partial charge in [-0.25, -0.2) is 4.98 Å². The van der Waals surface area contributed by atoms with Crippen LogP contribution in [0.15, 0.2) is 187 Å². The molecule has 0 aliphatic carbocycles. The zero-order valence-corrected chi connectivity index (χ0v) is 58.8. The summed E-state index contributed by atoms with van der Waals surface area (Å²) in [6, 6.07) is 53.6. The Labute approximate surface area is 586 Å². The van der Waals surface area contributed by atoms with Crippen LogP contribution < -0.4 is 16.5 Å². The number of aliphatic carboxylic acids is 2. The Balaban J connectivity index is 0.000000239. The van der Waals surface area contributed by atoms with Gasteiger partial charge in [0.15, 0.2) is 0 Å². The summed E-state index contributed by atoms with van der Waals surface area (Å²) in [7, 11) is -0.372. The standard InChI is InChI=1S/C26H28N2O3.C23H27BO3.C22H19NO.C5H4BrN.C4H9NO3.CH4/c1-18-10-11-20(16-28-26(3,17-29)25(30)31)15-22(18)13-12-21-7-6-8-23(19(21)2)24-9-4-5-14-27-24;1-16-10-11-18(15-25)14-20(16)13-12-19-8-7-9-21(17(19)2)24-26-22(3,4)23(5,6)27-24;1-16-9-10-18(15-24)14-20(16)12-11-19-6-5-7-21(17(19)2)22-8-3-4-13-23-22;6-5-3-1-2-4-7-5;1-4(5,2-6)3(7)8;/h4-15,28-29H,16-17H2,1-3H3,(H,30,31);7-15H,1-6H3;3-15H,1-2H3;1-4H;6H,2,5H2,1H3,(H,7,8);1H4/b2*13-12+;12-11+;;;/t26-;;;;4-;/m0...0./s1. The van der Waals surface area contributed by atoms with Crippen molar-refractivity contribution in [3.8, 4) is 22.5 Å². The summed E-state index contributed by atoms with van der Waals surface area (Å²) in [5.41, 5.74) is 22.4. The molecule has 3 aromatic heterocycles. The molecule has 0 unspecified atom stereocenters. The van der Waals surface area contributed by atoms with Gasteiger partial charge in [0.25, 0.3) is 0 Å². The molecule has 0 bridgehead atoms. The highest BCUT2D eigenvalue weighted by molar-refractivity contribution is 9.10. The van der Waals surface area contributed by atoms with Gasteiger partial charge in [-0.2, -0.15) is 0 Å². The average Bonchev–Trinajstić information content (AvgIpc) is 1.61. The fourth-order valence-corrected chi connectivity index (χ4v) is 9.86. The number of aromatic nitrogens is 3. The van der Waals surface area contributed by atoms with Gasteiger partial charge in [0.05, 0.1) is 35.8 Å². The number of aldehydes is 2. The molecule has 510 valence electrons. The second-order valence-electron chi connectivity index (χ2n) is 25.0. The normalized spacial score (nSPS) is 13.9. The molecule has 1 fully saturated rings. The van der Waals surface area contributed by atoms with E-state index in [0.717, 1.165) is 112 Å². The van der Waals surface area contributed by atoms with E-state index in [0.29, 0.717) is 17.7 Å². The predicted octanol–water partition coefficient (Wildman–Crippen LogP) is 15.7. The summed E-state index contributed by atoms with van der Waals surface area (Å²) in [5, 5.41) is 38.1. The second kappa shape index (κ2) is 36.8. The first-order valence-electron chi connectivity index (χ1n) is 31.6. The van der Waals surface area contributed by atoms with E-state index in [1.807, 2.05) is 154 Å². The Bertz CT molecular complexity index is 4220. The predicted molar refractivity (Wildman–Crippen MR) is 403 cm³/mol. The van der Waals surface area contributed by atoms with Crippen LogP contribution in [0.3, 0.4) is 0 Å². The van der Waals surface area contributed by atoms with E-state index in [4.69, 9.17) is 25.3 Å². The molecule has 10 rings (SSSR count). The zero-order chi connectivity index (χ0) is 71.1. The molecular formula is C81H91BBrN5O10. The minimum absolute atomic E-state index is 0. The van der Waals surface area contributed by atoms with Gasteiger partial charge in [0.2, 0.25) is 0 Å². The molecule has 9 aromatic rings. The summed E-state index contributed by atoms with van der Waals surface area (Å²) in [4.78, 5) is 56.2. The topological polar surface area (TPSA) is 244 Å². The molecule has 1 aliphatic rings. The Morgan fingerprint density at radius 3 is 1.29 bits per heavy atom. The third kappa shape index (κ3) is 22.0. The van der Waals surface area contributed by atoms with Crippen molar-refractivity contribution in [1.82, 2.24) is 20.3 Å². The van der Waals surface area contributed by atoms with E-state index >= 15 is 0 Å². The fraction of sp³-hybridized carbons (Fsp3) is 0.247. The number of rotatable bonds is 18. The van der Waals surface area contributed by atoms with Crippen LogP contribution in [0, 0.1) is 41.5 Å². The van der Waals surface area contributed by atoms with Crippen LogP contribution in [0.5, 0.6) is 0 Å². The summed E-state index contributed by atoms with van der Waals surface area (Å²) < 4.78 is 13.3. The van der Waals surface area contributed by atoms with E-state index in [1.54, 1.807) is 12.4 Å². The number of nitrogens with zero attached hydrogens (tertiary/aromatic N) is 3. The van der Waals surface area contributed by atoms with Gasteiger partial charge >= 0.3 is 19.1 Å². The third-order valence-electron chi connectivity index (χ3n) is 17.0. The van der Waals surface area contributed by atoms with Crippen molar-refractivity contribution in [2.24, 2.45) is 5.73 Å². The number of carbonyl (C=O) groups excluding carboxylic acids is 2. The molecular weight excluding hydrogens is 1290 g/mol. The van der Waals surface area contributed by atoms with Gasteiger partial charge in [-0.3, -0.25) is 34.5 Å². The third-order valence-corrected chi connectivity index (χ3v) is 17.5. The lowest BCUT2D eigenvalue weighted by Gasteiger charge is -2.32. The van der Waals surface area contributed by atoms with Crippen LogP contribution in [0.4, 0.5) is 0 Å². The number of carboxylic acids is 2.